The largest absolute Gasteiger partial charge is 0.389 e. The fourth-order valence-electron chi connectivity index (χ4n) is 2.18. The van der Waals surface area contributed by atoms with Gasteiger partial charge in [0.05, 0.1) is 0 Å². The molecular weight excluding hydrogens is 308 g/mol. The minimum Gasteiger partial charge on any atom is -0.389 e. The van der Waals surface area contributed by atoms with Gasteiger partial charge in [0.25, 0.3) is 0 Å². The van der Waals surface area contributed by atoms with Crippen molar-refractivity contribution in [2.45, 2.75) is 32.7 Å². The van der Waals surface area contributed by atoms with Gasteiger partial charge < -0.3 is 10.6 Å². The molecule has 2 N–H and O–H groups in total. The van der Waals surface area contributed by atoms with Crippen LogP contribution >= 0.6 is 28.1 Å². The molecule has 0 heterocycles. The van der Waals surface area contributed by atoms with Crippen LogP contribution in [0.4, 0.5) is 5.69 Å². The van der Waals surface area contributed by atoms with E-state index in [0.717, 1.165) is 16.6 Å². The Morgan fingerprint density at radius 3 is 2.67 bits per heavy atom. The molecular formula is C14H19BrN2S. The molecule has 0 aliphatic heterocycles. The SMILES string of the molecule is CC(C)CN(c1ccc(Br)cc1C(N)=S)C1CC1. The summed E-state index contributed by atoms with van der Waals surface area (Å²) in [6.07, 6.45) is 2.55. The minimum absolute atomic E-state index is 0.473. The quantitative estimate of drug-likeness (QED) is 0.836. The van der Waals surface area contributed by atoms with E-state index in [0.29, 0.717) is 16.9 Å². The lowest BCUT2D eigenvalue weighted by atomic mass is 10.1. The summed E-state index contributed by atoms with van der Waals surface area (Å²) in [6, 6.07) is 6.88. The Bertz CT molecular complexity index is 455. The van der Waals surface area contributed by atoms with Crippen molar-refractivity contribution in [3.05, 3.63) is 28.2 Å². The van der Waals surface area contributed by atoms with Crippen molar-refractivity contribution in [2.75, 3.05) is 11.4 Å². The molecule has 0 atom stereocenters. The van der Waals surface area contributed by atoms with Crippen molar-refractivity contribution in [1.29, 1.82) is 0 Å². The van der Waals surface area contributed by atoms with Crippen LogP contribution in [0.3, 0.4) is 0 Å². The van der Waals surface area contributed by atoms with Crippen molar-refractivity contribution in [2.24, 2.45) is 11.7 Å². The monoisotopic (exact) mass is 326 g/mol. The number of benzene rings is 1. The van der Waals surface area contributed by atoms with Crippen LogP contribution in [0.15, 0.2) is 22.7 Å². The predicted molar refractivity (Wildman–Crippen MR) is 85.2 cm³/mol. The van der Waals surface area contributed by atoms with E-state index in [1.165, 1.54) is 18.5 Å². The van der Waals surface area contributed by atoms with Crippen molar-refractivity contribution in [1.82, 2.24) is 0 Å². The summed E-state index contributed by atoms with van der Waals surface area (Å²) < 4.78 is 1.02. The lowest BCUT2D eigenvalue weighted by Gasteiger charge is -2.28. The Kier molecular flexibility index (Phi) is 4.28. The van der Waals surface area contributed by atoms with Crippen LogP contribution in [0.1, 0.15) is 32.3 Å². The number of anilines is 1. The van der Waals surface area contributed by atoms with Crippen molar-refractivity contribution in [3.63, 3.8) is 0 Å². The molecule has 18 heavy (non-hydrogen) atoms. The maximum absolute atomic E-state index is 5.86. The highest BCUT2D eigenvalue weighted by atomic mass is 79.9. The Balaban J connectivity index is 2.37. The molecule has 1 saturated carbocycles. The van der Waals surface area contributed by atoms with Crippen LogP contribution in [-0.4, -0.2) is 17.6 Å². The molecule has 1 aliphatic carbocycles. The van der Waals surface area contributed by atoms with Gasteiger partial charge in [-0.3, -0.25) is 0 Å². The topological polar surface area (TPSA) is 29.3 Å². The van der Waals surface area contributed by atoms with Gasteiger partial charge in [0, 0.05) is 28.3 Å². The molecule has 0 bridgehead atoms. The van der Waals surface area contributed by atoms with Gasteiger partial charge in [0.15, 0.2) is 0 Å². The number of rotatable bonds is 5. The first-order valence-corrected chi connectivity index (χ1v) is 7.55. The van der Waals surface area contributed by atoms with Crippen molar-refractivity contribution < 1.29 is 0 Å². The third-order valence-electron chi connectivity index (χ3n) is 3.08. The van der Waals surface area contributed by atoms with Crippen LogP contribution < -0.4 is 10.6 Å². The van der Waals surface area contributed by atoms with Crippen LogP contribution in [-0.2, 0) is 0 Å². The number of thiocarbonyl (C=S) groups is 1. The standard InChI is InChI=1S/C14H19BrN2S/c1-9(2)8-17(11-4-5-11)13-6-3-10(15)7-12(13)14(16)18/h3,6-7,9,11H,4-5,8H2,1-2H3,(H2,16,18). The van der Waals surface area contributed by atoms with Gasteiger partial charge in [-0.2, -0.15) is 0 Å². The molecule has 2 nitrogen and oxygen atoms in total. The zero-order valence-corrected chi connectivity index (χ0v) is 13.2. The molecule has 0 amide bonds. The Hall–Kier alpha value is -0.610. The lowest BCUT2D eigenvalue weighted by Crippen LogP contribution is -2.31. The number of halogens is 1. The second-order valence-corrected chi connectivity index (χ2v) is 6.66. The first-order valence-electron chi connectivity index (χ1n) is 6.35. The molecule has 1 aliphatic rings. The van der Waals surface area contributed by atoms with E-state index in [9.17, 15) is 0 Å². The highest BCUT2D eigenvalue weighted by Gasteiger charge is 2.31. The molecule has 0 radical (unpaired) electrons. The van der Waals surface area contributed by atoms with Gasteiger partial charge in [-0.15, -0.1) is 0 Å². The fourth-order valence-corrected chi connectivity index (χ4v) is 2.70. The minimum atomic E-state index is 0.473. The van der Waals surface area contributed by atoms with E-state index in [4.69, 9.17) is 18.0 Å². The normalized spacial score (nSPS) is 14.9. The van der Waals surface area contributed by atoms with E-state index in [-0.39, 0.29) is 0 Å². The van der Waals surface area contributed by atoms with Gasteiger partial charge in [0.1, 0.15) is 4.99 Å². The molecule has 0 spiro atoms. The number of hydrogen-bond acceptors (Lipinski definition) is 2. The molecule has 1 fully saturated rings. The Labute approximate surface area is 123 Å². The Morgan fingerprint density at radius 2 is 2.17 bits per heavy atom. The predicted octanol–water partition coefficient (Wildman–Crippen LogP) is 3.71. The highest BCUT2D eigenvalue weighted by Crippen LogP contribution is 2.35. The maximum Gasteiger partial charge on any atom is 0.106 e. The summed E-state index contributed by atoms with van der Waals surface area (Å²) in [5.74, 6) is 0.633. The summed E-state index contributed by atoms with van der Waals surface area (Å²) in [5, 5.41) is 0. The zero-order chi connectivity index (χ0) is 13.3. The third-order valence-corrected chi connectivity index (χ3v) is 3.80. The Morgan fingerprint density at radius 1 is 1.50 bits per heavy atom. The molecule has 4 heteroatoms. The van der Waals surface area contributed by atoms with Gasteiger partial charge >= 0.3 is 0 Å². The van der Waals surface area contributed by atoms with Gasteiger partial charge in [0.2, 0.25) is 0 Å². The number of nitrogens with zero attached hydrogens (tertiary/aromatic N) is 1. The van der Waals surface area contributed by atoms with E-state index >= 15 is 0 Å². The van der Waals surface area contributed by atoms with E-state index < -0.39 is 0 Å². The van der Waals surface area contributed by atoms with E-state index in [1.807, 2.05) is 6.07 Å². The fraction of sp³-hybridized carbons (Fsp3) is 0.500. The number of nitrogens with two attached hydrogens (primary N) is 1. The van der Waals surface area contributed by atoms with Crippen LogP contribution in [0.25, 0.3) is 0 Å². The summed E-state index contributed by atoms with van der Waals surface area (Å²) in [7, 11) is 0. The lowest BCUT2D eigenvalue weighted by molar-refractivity contribution is 0.607. The smallest absolute Gasteiger partial charge is 0.106 e. The molecule has 0 unspecified atom stereocenters. The zero-order valence-electron chi connectivity index (χ0n) is 10.8. The average molecular weight is 327 g/mol. The molecule has 2 rings (SSSR count). The van der Waals surface area contributed by atoms with Gasteiger partial charge in [-0.05, 0) is 37.0 Å². The molecule has 1 aromatic carbocycles. The van der Waals surface area contributed by atoms with Gasteiger partial charge in [-0.1, -0.05) is 42.0 Å². The van der Waals surface area contributed by atoms with Crippen LogP contribution in [0.2, 0.25) is 0 Å². The van der Waals surface area contributed by atoms with Crippen LogP contribution in [0, 0.1) is 5.92 Å². The first kappa shape index (κ1) is 13.8. The summed E-state index contributed by atoms with van der Waals surface area (Å²) >= 11 is 8.66. The highest BCUT2D eigenvalue weighted by molar-refractivity contribution is 9.10. The average Bonchev–Trinajstić information content (AvgIpc) is 3.09. The summed E-state index contributed by atoms with van der Waals surface area (Å²) in [4.78, 5) is 2.94. The molecule has 0 saturated heterocycles. The maximum atomic E-state index is 5.86. The first-order chi connectivity index (χ1) is 8.49. The molecule has 1 aromatic rings. The van der Waals surface area contributed by atoms with Crippen molar-refractivity contribution >= 4 is 38.8 Å². The summed E-state index contributed by atoms with van der Waals surface area (Å²) in [6.45, 7) is 5.55. The van der Waals surface area contributed by atoms with E-state index in [1.54, 1.807) is 0 Å². The number of hydrogen-bond donors (Lipinski definition) is 1. The second-order valence-electron chi connectivity index (χ2n) is 5.30. The second kappa shape index (κ2) is 5.57. The summed E-state index contributed by atoms with van der Waals surface area (Å²) in [5.41, 5.74) is 8.02. The molecule has 98 valence electrons. The molecule has 0 aromatic heterocycles. The van der Waals surface area contributed by atoms with Gasteiger partial charge in [-0.25, -0.2) is 0 Å². The van der Waals surface area contributed by atoms with Crippen molar-refractivity contribution in [3.8, 4) is 0 Å². The van der Waals surface area contributed by atoms with Crippen LogP contribution in [0.5, 0.6) is 0 Å². The third kappa shape index (κ3) is 3.23. The van der Waals surface area contributed by atoms with E-state index in [2.05, 4.69) is 46.8 Å².